The highest BCUT2D eigenvalue weighted by molar-refractivity contribution is 5.88. The van der Waals surface area contributed by atoms with Crippen molar-refractivity contribution in [1.82, 2.24) is 9.78 Å². The van der Waals surface area contributed by atoms with Crippen LogP contribution in [-0.4, -0.2) is 20.9 Å². The smallest absolute Gasteiger partial charge is 0.335 e. The number of benzene rings is 2. The lowest BCUT2D eigenvalue weighted by molar-refractivity contribution is 0.0697. The molecule has 0 aliphatic carbocycles. The number of hydrogen-bond acceptors (Lipinski definition) is 2. The zero-order valence-electron chi connectivity index (χ0n) is 15.4. The fourth-order valence-electron chi connectivity index (χ4n) is 3.35. The van der Waals surface area contributed by atoms with Gasteiger partial charge in [0.15, 0.2) is 0 Å². The molecule has 3 aromatic rings. The zero-order valence-corrected chi connectivity index (χ0v) is 15.4. The van der Waals surface area contributed by atoms with Crippen LogP contribution in [0.1, 0.15) is 54.2 Å². The number of aryl methyl sites for hydroxylation is 1. The van der Waals surface area contributed by atoms with Gasteiger partial charge in [-0.3, -0.25) is 0 Å². The van der Waals surface area contributed by atoms with Gasteiger partial charge >= 0.3 is 5.97 Å². The highest BCUT2D eigenvalue weighted by Gasteiger charge is 2.15. The molecule has 2 aromatic carbocycles. The molecule has 1 N–H and O–H groups in total. The number of carboxylic acid groups (broad SMARTS) is 1. The molecule has 0 spiro atoms. The van der Waals surface area contributed by atoms with Gasteiger partial charge in [-0.05, 0) is 72.7 Å². The molecule has 4 nitrogen and oxygen atoms in total. The van der Waals surface area contributed by atoms with Gasteiger partial charge in [0.1, 0.15) is 0 Å². The maximum Gasteiger partial charge on any atom is 0.335 e. The first-order valence-corrected chi connectivity index (χ1v) is 9.03. The minimum Gasteiger partial charge on any atom is -0.478 e. The van der Waals surface area contributed by atoms with Gasteiger partial charge in [-0.1, -0.05) is 32.0 Å². The number of aromatic nitrogens is 2. The van der Waals surface area contributed by atoms with Crippen LogP contribution in [0.4, 0.5) is 0 Å². The van der Waals surface area contributed by atoms with Crippen LogP contribution in [0.2, 0.25) is 0 Å². The van der Waals surface area contributed by atoms with Crippen molar-refractivity contribution in [1.29, 1.82) is 0 Å². The van der Waals surface area contributed by atoms with E-state index in [4.69, 9.17) is 5.11 Å². The van der Waals surface area contributed by atoms with Crippen molar-refractivity contribution in [3.63, 3.8) is 0 Å². The third kappa shape index (κ3) is 3.54. The highest BCUT2D eigenvalue weighted by atomic mass is 16.4. The molecule has 4 heteroatoms. The van der Waals surface area contributed by atoms with E-state index in [1.54, 1.807) is 12.1 Å². The molecular formula is C22H24N2O2. The first-order chi connectivity index (χ1) is 12.5. The predicted molar refractivity (Wildman–Crippen MR) is 104 cm³/mol. The van der Waals surface area contributed by atoms with E-state index in [1.165, 1.54) is 5.56 Å². The quantitative estimate of drug-likeness (QED) is 0.644. The number of nitrogens with zero attached hydrogens (tertiary/aromatic N) is 2. The molecule has 1 heterocycles. The molecule has 0 aliphatic rings. The van der Waals surface area contributed by atoms with Crippen LogP contribution >= 0.6 is 0 Å². The number of carbonyl (C=O) groups is 1. The minimum absolute atomic E-state index is 0.303. The Kier molecular flexibility index (Phi) is 5.21. The molecule has 0 aliphatic heterocycles. The Bertz CT molecular complexity index is 906. The van der Waals surface area contributed by atoms with Gasteiger partial charge in [0.2, 0.25) is 0 Å². The monoisotopic (exact) mass is 348 g/mol. The SMILES string of the molecule is CCC(CC)c1cc(-c2ccc(C(=O)O)cc2)ccc1-n1ccc(C)n1. The minimum atomic E-state index is -0.904. The third-order valence-electron chi connectivity index (χ3n) is 4.89. The van der Waals surface area contributed by atoms with E-state index >= 15 is 0 Å². The number of aromatic carboxylic acids is 1. The molecule has 1 aromatic heterocycles. The Labute approximate surface area is 154 Å². The van der Waals surface area contributed by atoms with Crippen LogP contribution < -0.4 is 0 Å². The summed E-state index contributed by atoms with van der Waals surface area (Å²) in [6.45, 7) is 6.41. The summed E-state index contributed by atoms with van der Waals surface area (Å²) >= 11 is 0. The summed E-state index contributed by atoms with van der Waals surface area (Å²) in [5.74, 6) is -0.452. The molecular weight excluding hydrogens is 324 g/mol. The Hall–Kier alpha value is -2.88. The Morgan fingerprint density at radius 3 is 2.23 bits per heavy atom. The maximum atomic E-state index is 11.1. The molecule has 0 saturated carbocycles. The molecule has 0 atom stereocenters. The van der Waals surface area contributed by atoms with Crippen molar-refractivity contribution in [2.45, 2.75) is 39.5 Å². The van der Waals surface area contributed by atoms with Crippen LogP contribution in [-0.2, 0) is 0 Å². The number of rotatable bonds is 6. The summed E-state index contributed by atoms with van der Waals surface area (Å²) in [7, 11) is 0. The standard InChI is InChI=1S/C22H24N2O2/c1-4-16(5-2)20-14-19(17-6-8-18(9-7-17)22(25)26)10-11-21(20)24-13-12-15(3)23-24/h6-14,16H,4-5H2,1-3H3,(H,25,26). The van der Waals surface area contributed by atoms with Crippen molar-refractivity contribution >= 4 is 5.97 Å². The largest absolute Gasteiger partial charge is 0.478 e. The summed E-state index contributed by atoms with van der Waals surface area (Å²) in [5, 5.41) is 13.7. The molecule has 0 saturated heterocycles. The van der Waals surface area contributed by atoms with Gasteiger partial charge in [0.25, 0.3) is 0 Å². The van der Waals surface area contributed by atoms with Crippen LogP contribution in [0.5, 0.6) is 0 Å². The summed E-state index contributed by atoms with van der Waals surface area (Å²) < 4.78 is 1.94. The molecule has 134 valence electrons. The van der Waals surface area contributed by atoms with E-state index in [2.05, 4.69) is 37.1 Å². The van der Waals surface area contributed by atoms with Crippen molar-refractivity contribution in [3.8, 4) is 16.8 Å². The number of hydrogen-bond donors (Lipinski definition) is 1. The lowest BCUT2D eigenvalue weighted by Gasteiger charge is -2.19. The lowest BCUT2D eigenvalue weighted by atomic mass is 9.89. The lowest BCUT2D eigenvalue weighted by Crippen LogP contribution is -2.05. The maximum absolute atomic E-state index is 11.1. The van der Waals surface area contributed by atoms with Crippen LogP contribution in [0.3, 0.4) is 0 Å². The fraction of sp³-hybridized carbons (Fsp3) is 0.273. The molecule has 0 radical (unpaired) electrons. The van der Waals surface area contributed by atoms with Crippen molar-refractivity contribution in [2.75, 3.05) is 0 Å². The predicted octanol–water partition coefficient (Wildman–Crippen LogP) is 5.45. The second-order valence-corrected chi connectivity index (χ2v) is 6.57. The average Bonchev–Trinajstić information content (AvgIpc) is 3.09. The van der Waals surface area contributed by atoms with E-state index in [0.29, 0.717) is 11.5 Å². The topological polar surface area (TPSA) is 55.1 Å². The van der Waals surface area contributed by atoms with E-state index in [-0.39, 0.29) is 0 Å². The molecule has 0 fully saturated rings. The molecule has 0 bridgehead atoms. The van der Waals surface area contributed by atoms with E-state index in [1.807, 2.05) is 36.0 Å². The van der Waals surface area contributed by atoms with Gasteiger partial charge in [-0.25, -0.2) is 9.48 Å². The molecule has 0 amide bonds. The van der Waals surface area contributed by atoms with E-state index in [9.17, 15) is 4.79 Å². The van der Waals surface area contributed by atoms with Crippen LogP contribution in [0.25, 0.3) is 16.8 Å². The highest BCUT2D eigenvalue weighted by Crippen LogP contribution is 2.33. The summed E-state index contributed by atoms with van der Waals surface area (Å²) in [5.41, 5.74) is 5.80. The van der Waals surface area contributed by atoms with Crippen LogP contribution in [0, 0.1) is 6.92 Å². The van der Waals surface area contributed by atoms with Crippen molar-refractivity contribution in [2.24, 2.45) is 0 Å². The van der Waals surface area contributed by atoms with Crippen molar-refractivity contribution in [3.05, 3.63) is 71.5 Å². The Morgan fingerprint density at radius 1 is 1.04 bits per heavy atom. The first-order valence-electron chi connectivity index (χ1n) is 9.03. The normalized spacial score (nSPS) is 11.1. The Morgan fingerprint density at radius 2 is 1.69 bits per heavy atom. The van der Waals surface area contributed by atoms with E-state index < -0.39 is 5.97 Å². The fourth-order valence-corrected chi connectivity index (χ4v) is 3.35. The summed E-state index contributed by atoms with van der Waals surface area (Å²) in [6, 6.07) is 15.5. The van der Waals surface area contributed by atoms with Gasteiger partial charge in [-0.15, -0.1) is 0 Å². The molecule has 3 rings (SSSR count). The first kappa shape index (κ1) is 17.9. The second kappa shape index (κ2) is 7.56. The molecule has 26 heavy (non-hydrogen) atoms. The van der Waals surface area contributed by atoms with Gasteiger partial charge < -0.3 is 5.11 Å². The number of carboxylic acids is 1. The van der Waals surface area contributed by atoms with Crippen LogP contribution in [0.15, 0.2) is 54.7 Å². The zero-order chi connectivity index (χ0) is 18.7. The second-order valence-electron chi connectivity index (χ2n) is 6.57. The van der Waals surface area contributed by atoms with Gasteiger partial charge in [0, 0.05) is 6.20 Å². The summed E-state index contributed by atoms with van der Waals surface area (Å²) in [4.78, 5) is 11.1. The molecule has 0 unspecified atom stereocenters. The Balaban J connectivity index is 2.08. The third-order valence-corrected chi connectivity index (χ3v) is 4.89. The summed E-state index contributed by atoms with van der Waals surface area (Å²) in [6.07, 6.45) is 4.12. The van der Waals surface area contributed by atoms with Gasteiger partial charge in [0.05, 0.1) is 16.9 Å². The van der Waals surface area contributed by atoms with E-state index in [0.717, 1.165) is 35.3 Å². The van der Waals surface area contributed by atoms with Gasteiger partial charge in [-0.2, -0.15) is 5.10 Å². The van der Waals surface area contributed by atoms with Crippen molar-refractivity contribution < 1.29 is 9.90 Å². The average molecular weight is 348 g/mol.